The first kappa shape index (κ1) is 24.0. The van der Waals surface area contributed by atoms with E-state index in [1.165, 1.54) is 0 Å². The van der Waals surface area contributed by atoms with E-state index in [1.807, 2.05) is 67.6 Å². The summed E-state index contributed by atoms with van der Waals surface area (Å²) in [5, 5.41) is 13.7. The Morgan fingerprint density at radius 3 is 2.39 bits per heavy atom. The fourth-order valence-corrected chi connectivity index (χ4v) is 4.76. The van der Waals surface area contributed by atoms with Crippen LogP contribution < -0.4 is 0 Å². The van der Waals surface area contributed by atoms with Crippen LogP contribution >= 0.6 is 11.6 Å². The molecule has 0 bridgehead atoms. The Morgan fingerprint density at radius 1 is 1.03 bits per heavy atom. The molecule has 0 radical (unpaired) electrons. The van der Waals surface area contributed by atoms with Gasteiger partial charge in [0.25, 0.3) is 5.89 Å². The number of likely N-dealkylation sites (tertiary alicyclic amines) is 1. The molecule has 0 spiro atoms. The number of halogens is 1. The van der Waals surface area contributed by atoms with Crippen LogP contribution in [0.3, 0.4) is 0 Å². The largest absolute Gasteiger partial charge is 0.506 e. The number of piperidine rings is 1. The minimum Gasteiger partial charge on any atom is -0.450 e. The van der Waals surface area contributed by atoms with Gasteiger partial charge in [-0.05, 0) is 43.0 Å². The van der Waals surface area contributed by atoms with Gasteiger partial charge in [0, 0.05) is 41.3 Å². The third kappa shape index (κ3) is 5.42. The van der Waals surface area contributed by atoms with Crippen LogP contribution in [0.4, 0.5) is 4.79 Å². The molecule has 0 aliphatic carbocycles. The molecule has 2 heterocycles. The lowest BCUT2D eigenvalue weighted by Gasteiger charge is -2.38. The van der Waals surface area contributed by atoms with Crippen LogP contribution in [0.1, 0.15) is 25.3 Å². The number of benzene rings is 3. The van der Waals surface area contributed by atoms with Gasteiger partial charge in [-0.15, -0.1) is 0 Å². The summed E-state index contributed by atoms with van der Waals surface area (Å²) in [5.41, 5.74) is 4.18. The minimum atomic E-state index is -1.21. The van der Waals surface area contributed by atoms with E-state index in [2.05, 4.69) is 27.2 Å². The van der Waals surface area contributed by atoms with Gasteiger partial charge >= 0.3 is 6.16 Å². The molecule has 1 saturated heterocycles. The maximum Gasteiger partial charge on any atom is 0.506 e. The second-order valence-electron chi connectivity index (χ2n) is 9.27. The van der Waals surface area contributed by atoms with Crippen molar-refractivity contribution in [1.82, 2.24) is 15.0 Å². The Labute approximate surface area is 214 Å². The predicted molar refractivity (Wildman–Crippen MR) is 138 cm³/mol. The Morgan fingerprint density at radius 2 is 1.72 bits per heavy atom. The summed E-state index contributed by atoms with van der Waals surface area (Å²) in [6, 6.07) is 23.8. The van der Waals surface area contributed by atoms with Gasteiger partial charge in [0.05, 0.1) is 0 Å². The molecule has 0 unspecified atom stereocenters. The molecule has 1 aromatic heterocycles. The van der Waals surface area contributed by atoms with Crippen LogP contribution in [0.25, 0.3) is 34.0 Å². The molecule has 8 heteroatoms. The highest BCUT2D eigenvalue weighted by molar-refractivity contribution is 6.33. The quantitative estimate of drug-likeness (QED) is 0.290. The molecule has 1 N–H and O–H groups in total. The van der Waals surface area contributed by atoms with E-state index in [4.69, 9.17) is 26.0 Å². The van der Waals surface area contributed by atoms with Crippen LogP contribution in [0.5, 0.6) is 0 Å². The summed E-state index contributed by atoms with van der Waals surface area (Å²) < 4.78 is 10.6. The van der Waals surface area contributed by atoms with Crippen molar-refractivity contribution in [1.29, 1.82) is 0 Å². The van der Waals surface area contributed by atoms with E-state index in [9.17, 15) is 4.79 Å². The number of nitrogens with zero attached hydrogens (tertiary/aromatic N) is 3. The zero-order valence-electron chi connectivity index (χ0n) is 19.9. The average Bonchev–Trinajstić information content (AvgIpc) is 3.36. The fraction of sp³-hybridized carbons (Fsp3) is 0.250. The van der Waals surface area contributed by atoms with Crippen molar-refractivity contribution in [3.05, 3.63) is 83.4 Å². The lowest BCUT2D eigenvalue weighted by molar-refractivity contribution is -0.0454. The first-order valence-electron chi connectivity index (χ1n) is 11.8. The van der Waals surface area contributed by atoms with Gasteiger partial charge in [0.15, 0.2) is 0 Å². The van der Waals surface area contributed by atoms with Gasteiger partial charge in [0.1, 0.15) is 5.60 Å². The van der Waals surface area contributed by atoms with E-state index in [0.29, 0.717) is 29.6 Å². The first-order valence-corrected chi connectivity index (χ1v) is 12.2. The van der Waals surface area contributed by atoms with Gasteiger partial charge in [-0.1, -0.05) is 77.4 Å². The molecule has 1 fully saturated rings. The Balaban J connectivity index is 1.23. The summed E-state index contributed by atoms with van der Waals surface area (Å²) in [5.74, 6) is 0.926. The maximum absolute atomic E-state index is 10.9. The molecule has 3 aromatic carbocycles. The highest BCUT2D eigenvalue weighted by Crippen LogP contribution is 2.32. The second-order valence-corrected chi connectivity index (χ2v) is 9.68. The molecule has 5 rings (SSSR count). The second kappa shape index (κ2) is 10.1. The summed E-state index contributed by atoms with van der Waals surface area (Å²) in [6.45, 7) is 4.21. The van der Waals surface area contributed by atoms with E-state index >= 15 is 0 Å². The summed E-state index contributed by atoms with van der Waals surface area (Å²) in [7, 11) is 0. The SMILES string of the molecule is CC1(OC(=O)O)CCN(Cc2ccc(-c3noc(-c4ccc(-c5ccccc5)c(Cl)c4)n3)cc2)CC1. The van der Waals surface area contributed by atoms with Crippen LogP contribution in [-0.4, -0.2) is 45.0 Å². The highest BCUT2D eigenvalue weighted by atomic mass is 35.5. The van der Waals surface area contributed by atoms with Crippen LogP contribution in [0.2, 0.25) is 5.02 Å². The van der Waals surface area contributed by atoms with Crippen molar-refractivity contribution in [3.63, 3.8) is 0 Å². The molecule has 36 heavy (non-hydrogen) atoms. The number of rotatable bonds is 6. The molecule has 0 atom stereocenters. The fourth-order valence-electron chi connectivity index (χ4n) is 4.47. The molecule has 4 aromatic rings. The van der Waals surface area contributed by atoms with Crippen molar-refractivity contribution >= 4 is 17.8 Å². The van der Waals surface area contributed by atoms with Crippen molar-refractivity contribution in [2.75, 3.05) is 13.1 Å². The molecular formula is C28H26ClN3O4. The van der Waals surface area contributed by atoms with E-state index in [-0.39, 0.29) is 0 Å². The summed E-state index contributed by atoms with van der Waals surface area (Å²) in [6.07, 6.45) is 0.150. The summed E-state index contributed by atoms with van der Waals surface area (Å²) in [4.78, 5) is 17.8. The third-order valence-electron chi connectivity index (χ3n) is 6.59. The monoisotopic (exact) mass is 503 g/mol. The molecule has 1 aliphatic heterocycles. The van der Waals surface area contributed by atoms with Gasteiger partial charge in [-0.2, -0.15) is 4.98 Å². The van der Waals surface area contributed by atoms with Crippen molar-refractivity contribution in [2.24, 2.45) is 0 Å². The normalized spacial score (nSPS) is 15.5. The van der Waals surface area contributed by atoms with E-state index in [0.717, 1.165) is 47.5 Å². The number of hydrogen-bond donors (Lipinski definition) is 1. The molecule has 7 nitrogen and oxygen atoms in total. The standard InChI is InChI=1S/C28H26ClN3O4/c1-28(35-27(33)34)13-15-32(16-14-28)18-19-7-9-21(10-8-19)25-30-26(36-31-25)22-11-12-23(24(29)17-22)20-5-3-2-4-6-20/h2-12,17H,13-16,18H2,1H3,(H,33,34). The van der Waals surface area contributed by atoms with Gasteiger partial charge in [-0.3, -0.25) is 4.90 Å². The Hall–Kier alpha value is -3.68. The van der Waals surface area contributed by atoms with Gasteiger partial charge in [-0.25, -0.2) is 4.79 Å². The van der Waals surface area contributed by atoms with Gasteiger partial charge in [0.2, 0.25) is 5.82 Å². The average molecular weight is 504 g/mol. The van der Waals surface area contributed by atoms with Crippen LogP contribution in [-0.2, 0) is 11.3 Å². The lowest BCUT2D eigenvalue weighted by Crippen LogP contribution is -2.44. The van der Waals surface area contributed by atoms with Crippen LogP contribution in [0.15, 0.2) is 77.3 Å². The maximum atomic E-state index is 10.9. The van der Waals surface area contributed by atoms with Gasteiger partial charge < -0.3 is 14.4 Å². The topological polar surface area (TPSA) is 88.7 Å². The zero-order valence-corrected chi connectivity index (χ0v) is 20.6. The number of ether oxygens (including phenoxy) is 1. The number of carbonyl (C=O) groups is 1. The highest BCUT2D eigenvalue weighted by Gasteiger charge is 2.33. The molecule has 1 aliphatic rings. The number of aromatic nitrogens is 2. The first-order chi connectivity index (χ1) is 17.4. The summed E-state index contributed by atoms with van der Waals surface area (Å²) >= 11 is 6.55. The number of carboxylic acid groups (broad SMARTS) is 1. The lowest BCUT2D eigenvalue weighted by atomic mass is 9.93. The van der Waals surface area contributed by atoms with Crippen molar-refractivity contribution in [3.8, 4) is 34.0 Å². The van der Waals surface area contributed by atoms with E-state index in [1.54, 1.807) is 0 Å². The zero-order chi connectivity index (χ0) is 25.1. The van der Waals surface area contributed by atoms with Crippen LogP contribution in [0, 0.1) is 0 Å². The van der Waals surface area contributed by atoms with Crippen molar-refractivity contribution < 1.29 is 19.2 Å². The Bertz CT molecular complexity index is 1350. The number of hydrogen-bond acceptors (Lipinski definition) is 6. The smallest absolute Gasteiger partial charge is 0.450 e. The molecule has 0 amide bonds. The predicted octanol–water partition coefficient (Wildman–Crippen LogP) is 6.77. The Kier molecular flexibility index (Phi) is 6.76. The minimum absolute atomic E-state index is 0.413. The molecule has 184 valence electrons. The molecular weight excluding hydrogens is 478 g/mol. The molecule has 0 saturated carbocycles. The van der Waals surface area contributed by atoms with E-state index < -0.39 is 11.8 Å². The van der Waals surface area contributed by atoms with Crippen molar-refractivity contribution in [2.45, 2.75) is 31.9 Å². The third-order valence-corrected chi connectivity index (χ3v) is 6.91.